The molecule has 1 saturated heterocycles. The Morgan fingerprint density at radius 3 is 2.42 bits per heavy atom. The monoisotopic (exact) mass is 546 g/mol. The zero-order valence-corrected chi connectivity index (χ0v) is 22.4. The van der Waals surface area contributed by atoms with Crippen LogP contribution in [0.1, 0.15) is 45.6 Å². The van der Waals surface area contributed by atoms with Gasteiger partial charge < -0.3 is 20.1 Å². The molecule has 7 heteroatoms. The minimum absolute atomic E-state index is 0. The van der Waals surface area contributed by atoms with Gasteiger partial charge in [-0.05, 0) is 30.2 Å². The molecule has 1 fully saturated rings. The molecule has 1 aliphatic heterocycles. The lowest BCUT2D eigenvalue weighted by Crippen LogP contribution is -2.45. The summed E-state index contributed by atoms with van der Waals surface area (Å²) in [5, 5.41) is 6.73. The molecule has 2 rings (SSSR count). The average Bonchev–Trinajstić information content (AvgIpc) is 2.73. The van der Waals surface area contributed by atoms with Crippen LogP contribution >= 0.6 is 24.0 Å². The molecule has 0 radical (unpaired) electrons. The average molecular weight is 547 g/mol. The van der Waals surface area contributed by atoms with E-state index in [-0.39, 0.29) is 35.5 Å². The van der Waals surface area contributed by atoms with Crippen molar-refractivity contribution >= 4 is 29.9 Å². The molecule has 0 amide bonds. The number of aliphatic imine (C=N–C) groups is 1. The van der Waals surface area contributed by atoms with Crippen molar-refractivity contribution < 1.29 is 9.47 Å². The highest BCUT2D eigenvalue weighted by Crippen LogP contribution is 2.21. The van der Waals surface area contributed by atoms with E-state index < -0.39 is 0 Å². The molecule has 1 aliphatic rings. The van der Waals surface area contributed by atoms with E-state index in [1.807, 2.05) is 0 Å². The number of guanidine groups is 1. The highest BCUT2D eigenvalue weighted by molar-refractivity contribution is 14.0. The van der Waals surface area contributed by atoms with Crippen LogP contribution in [0, 0.1) is 5.41 Å². The molecule has 1 aromatic rings. The van der Waals surface area contributed by atoms with Gasteiger partial charge in [0.05, 0.1) is 12.2 Å². The summed E-state index contributed by atoms with van der Waals surface area (Å²) in [4.78, 5) is 6.82. The van der Waals surface area contributed by atoms with Gasteiger partial charge in [0.25, 0.3) is 0 Å². The van der Waals surface area contributed by atoms with Gasteiger partial charge >= 0.3 is 0 Å². The van der Waals surface area contributed by atoms with E-state index in [9.17, 15) is 0 Å². The molecular formula is C24H43IN4O2. The largest absolute Gasteiger partial charge is 0.379 e. The zero-order chi connectivity index (χ0) is 21.8. The van der Waals surface area contributed by atoms with E-state index in [1.54, 1.807) is 14.2 Å². The maximum Gasteiger partial charge on any atom is 0.191 e. The Hall–Kier alpha value is -0.900. The normalized spacial score (nSPS) is 17.1. The van der Waals surface area contributed by atoms with Crippen LogP contribution in [0.5, 0.6) is 0 Å². The Labute approximate surface area is 206 Å². The van der Waals surface area contributed by atoms with Crippen molar-refractivity contribution in [2.45, 2.75) is 58.8 Å². The summed E-state index contributed by atoms with van der Waals surface area (Å²) < 4.78 is 11.7. The molecule has 0 aromatic heterocycles. The quantitative estimate of drug-likeness (QED) is 0.202. The molecule has 178 valence electrons. The molecule has 0 spiro atoms. The maximum absolute atomic E-state index is 6.11. The summed E-state index contributed by atoms with van der Waals surface area (Å²) in [6.45, 7) is 12.2. The SMILES string of the molecule is CN=C(NCCCOC1CCN(Cc2ccccc2)CC1)NCC(OC)C(C)(C)C.I. The Balaban J connectivity index is 0.00000480. The highest BCUT2D eigenvalue weighted by Gasteiger charge is 2.24. The molecule has 2 N–H and O–H groups in total. The van der Waals surface area contributed by atoms with E-state index in [4.69, 9.17) is 9.47 Å². The van der Waals surface area contributed by atoms with Crippen LogP contribution in [-0.4, -0.2) is 70.0 Å². The van der Waals surface area contributed by atoms with Gasteiger partial charge in [-0.1, -0.05) is 51.1 Å². The first-order valence-electron chi connectivity index (χ1n) is 11.3. The third-order valence-electron chi connectivity index (χ3n) is 5.68. The van der Waals surface area contributed by atoms with Crippen LogP contribution in [-0.2, 0) is 16.0 Å². The standard InChI is InChI=1S/C24H42N4O2.HI/c1-24(2,3)22(29-5)18-27-23(25-4)26-14-9-17-30-21-12-15-28(16-13-21)19-20-10-7-6-8-11-20;/h6-8,10-11,21-22H,9,12-19H2,1-5H3,(H2,25,26,27);1H. The second-order valence-corrected chi connectivity index (χ2v) is 9.16. The first-order chi connectivity index (χ1) is 14.4. The summed E-state index contributed by atoms with van der Waals surface area (Å²) in [6.07, 6.45) is 3.73. The van der Waals surface area contributed by atoms with E-state index in [1.165, 1.54) is 5.56 Å². The molecule has 0 aliphatic carbocycles. The summed E-state index contributed by atoms with van der Waals surface area (Å²) in [6, 6.07) is 10.7. The van der Waals surface area contributed by atoms with E-state index in [0.717, 1.165) is 64.6 Å². The maximum atomic E-state index is 6.11. The van der Waals surface area contributed by atoms with Gasteiger partial charge in [-0.3, -0.25) is 9.89 Å². The number of benzene rings is 1. The third kappa shape index (κ3) is 11.0. The van der Waals surface area contributed by atoms with Crippen molar-refractivity contribution in [2.24, 2.45) is 10.4 Å². The van der Waals surface area contributed by atoms with Crippen LogP contribution in [0.2, 0.25) is 0 Å². The lowest BCUT2D eigenvalue weighted by Gasteiger charge is -2.32. The van der Waals surface area contributed by atoms with Crippen molar-refractivity contribution in [1.29, 1.82) is 0 Å². The topological polar surface area (TPSA) is 58.1 Å². The molecular weight excluding hydrogens is 503 g/mol. The summed E-state index contributed by atoms with van der Waals surface area (Å²) >= 11 is 0. The lowest BCUT2D eigenvalue weighted by atomic mass is 9.89. The van der Waals surface area contributed by atoms with Gasteiger partial charge in [-0.25, -0.2) is 0 Å². The Morgan fingerprint density at radius 2 is 1.84 bits per heavy atom. The fourth-order valence-corrected chi connectivity index (χ4v) is 3.76. The minimum atomic E-state index is 0. The zero-order valence-electron chi connectivity index (χ0n) is 20.0. The summed E-state index contributed by atoms with van der Waals surface area (Å²) in [5.74, 6) is 0.815. The third-order valence-corrected chi connectivity index (χ3v) is 5.68. The predicted octanol–water partition coefficient (Wildman–Crippen LogP) is 3.90. The van der Waals surface area contributed by atoms with E-state index in [2.05, 4.69) is 71.6 Å². The highest BCUT2D eigenvalue weighted by atomic mass is 127. The van der Waals surface area contributed by atoms with Crippen LogP contribution in [0.15, 0.2) is 35.3 Å². The predicted molar refractivity (Wildman–Crippen MR) is 140 cm³/mol. The lowest BCUT2D eigenvalue weighted by molar-refractivity contribution is 0.00531. The summed E-state index contributed by atoms with van der Waals surface area (Å²) in [7, 11) is 3.56. The van der Waals surface area contributed by atoms with Crippen molar-refractivity contribution in [3.63, 3.8) is 0 Å². The number of methoxy groups -OCH3 is 1. The van der Waals surface area contributed by atoms with Crippen molar-refractivity contribution in [3.8, 4) is 0 Å². The number of nitrogens with zero attached hydrogens (tertiary/aromatic N) is 2. The number of hydrogen-bond donors (Lipinski definition) is 2. The molecule has 1 atom stereocenters. The second kappa shape index (κ2) is 15.0. The number of ether oxygens (including phenoxy) is 2. The number of nitrogens with one attached hydrogen (secondary N) is 2. The molecule has 1 aromatic carbocycles. The number of halogens is 1. The first kappa shape index (κ1) is 28.1. The molecule has 6 nitrogen and oxygen atoms in total. The fraction of sp³-hybridized carbons (Fsp3) is 0.708. The fourth-order valence-electron chi connectivity index (χ4n) is 3.76. The molecule has 1 unspecified atom stereocenters. The Kier molecular flexibility index (Phi) is 13.6. The van der Waals surface area contributed by atoms with Crippen LogP contribution in [0.3, 0.4) is 0 Å². The van der Waals surface area contributed by atoms with Gasteiger partial charge in [0.2, 0.25) is 0 Å². The van der Waals surface area contributed by atoms with E-state index >= 15 is 0 Å². The van der Waals surface area contributed by atoms with E-state index in [0.29, 0.717) is 6.10 Å². The van der Waals surface area contributed by atoms with Crippen LogP contribution < -0.4 is 10.6 Å². The second-order valence-electron chi connectivity index (χ2n) is 9.16. The Morgan fingerprint density at radius 1 is 1.16 bits per heavy atom. The number of piperidine rings is 1. The first-order valence-corrected chi connectivity index (χ1v) is 11.3. The molecule has 1 heterocycles. The smallest absolute Gasteiger partial charge is 0.191 e. The van der Waals surface area contributed by atoms with Crippen molar-refractivity contribution in [2.75, 3.05) is 46.9 Å². The number of likely N-dealkylation sites (tertiary alicyclic amines) is 1. The van der Waals surface area contributed by atoms with Crippen LogP contribution in [0.4, 0.5) is 0 Å². The molecule has 0 saturated carbocycles. The van der Waals surface area contributed by atoms with Gasteiger partial charge in [0, 0.05) is 53.5 Å². The summed E-state index contributed by atoms with van der Waals surface area (Å²) in [5.41, 5.74) is 1.48. The van der Waals surface area contributed by atoms with Gasteiger partial charge in [0.15, 0.2) is 5.96 Å². The number of rotatable bonds is 10. The minimum Gasteiger partial charge on any atom is -0.379 e. The number of hydrogen-bond acceptors (Lipinski definition) is 4. The van der Waals surface area contributed by atoms with Crippen molar-refractivity contribution in [1.82, 2.24) is 15.5 Å². The molecule has 0 bridgehead atoms. The van der Waals surface area contributed by atoms with Crippen LogP contribution in [0.25, 0.3) is 0 Å². The van der Waals surface area contributed by atoms with Gasteiger partial charge in [0.1, 0.15) is 0 Å². The van der Waals surface area contributed by atoms with Crippen molar-refractivity contribution in [3.05, 3.63) is 35.9 Å². The van der Waals surface area contributed by atoms with Gasteiger partial charge in [-0.2, -0.15) is 0 Å². The van der Waals surface area contributed by atoms with Gasteiger partial charge in [-0.15, -0.1) is 24.0 Å². The Bertz CT molecular complexity index is 614. The molecule has 31 heavy (non-hydrogen) atoms.